The molecule has 1 atom stereocenters. The van der Waals surface area contributed by atoms with E-state index in [1.165, 1.54) is 6.08 Å². The molecule has 24 heavy (non-hydrogen) atoms. The zero-order valence-electron chi connectivity index (χ0n) is 13.8. The molecule has 0 radical (unpaired) electrons. The molecule has 2 saturated heterocycles. The number of piperidine rings is 1. The Balaban J connectivity index is 1.62. The minimum atomic E-state index is -0.193. The molecule has 0 aromatic carbocycles. The van der Waals surface area contributed by atoms with Crippen molar-refractivity contribution in [2.24, 2.45) is 0 Å². The number of nitrogens with one attached hydrogen (secondary N) is 1. The van der Waals surface area contributed by atoms with E-state index in [0.717, 1.165) is 38.9 Å². The highest BCUT2D eigenvalue weighted by Crippen LogP contribution is 2.21. The summed E-state index contributed by atoms with van der Waals surface area (Å²) >= 11 is 0. The van der Waals surface area contributed by atoms with Crippen LogP contribution in [0.1, 0.15) is 42.1 Å². The quantitative estimate of drug-likeness (QED) is 0.839. The zero-order chi connectivity index (χ0) is 16.9. The van der Waals surface area contributed by atoms with Crippen LogP contribution in [0, 0.1) is 0 Å². The Morgan fingerprint density at radius 1 is 1.33 bits per heavy atom. The summed E-state index contributed by atoms with van der Waals surface area (Å²) in [6.07, 6.45) is 8.35. The Kier molecular flexibility index (Phi) is 5.30. The molecule has 0 aliphatic carbocycles. The molecule has 0 saturated carbocycles. The second-order valence-electron chi connectivity index (χ2n) is 6.36. The molecule has 3 heterocycles. The fourth-order valence-electron chi connectivity index (χ4n) is 3.32. The van der Waals surface area contributed by atoms with Gasteiger partial charge in [-0.05, 0) is 31.8 Å². The fraction of sp³-hybridized carbons (Fsp3) is 0.588. The number of nitrogens with zero attached hydrogens (tertiary/aromatic N) is 3. The third kappa shape index (κ3) is 3.84. The number of rotatable bonds is 4. The standard InChI is InChI=1S/C17H24N4O3/c1-2-16(22)19-14-4-3-7-20(12-14)17(23)13-10-18-21(11-13)15-5-8-24-9-6-15/h2,10-11,14-15H,1,3-9,12H2,(H,19,22)/t14-/m1/s1. The van der Waals surface area contributed by atoms with Crippen molar-refractivity contribution in [3.63, 3.8) is 0 Å². The van der Waals surface area contributed by atoms with Gasteiger partial charge >= 0.3 is 0 Å². The second-order valence-corrected chi connectivity index (χ2v) is 6.36. The van der Waals surface area contributed by atoms with Gasteiger partial charge in [-0.3, -0.25) is 14.3 Å². The van der Waals surface area contributed by atoms with Crippen LogP contribution in [-0.2, 0) is 9.53 Å². The third-order valence-corrected chi connectivity index (χ3v) is 4.65. The molecule has 1 N–H and O–H groups in total. The minimum Gasteiger partial charge on any atom is -0.381 e. The van der Waals surface area contributed by atoms with E-state index in [1.807, 2.05) is 10.9 Å². The molecule has 2 aliphatic heterocycles. The lowest BCUT2D eigenvalue weighted by Crippen LogP contribution is -2.49. The van der Waals surface area contributed by atoms with E-state index in [-0.39, 0.29) is 17.9 Å². The normalized spacial score (nSPS) is 22.2. The van der Waals surface area contributed by atoms with Gasteiger partial charge in [-0.1, -0.05) is 6.58 Å². The molecule has 2 amide bonds. The fourth-order valence-corrected chi connectivity index (χ4v) is 3.32. The van der Waals surface area contributed by atoms with Crippen LogP contribution in [0.5, 0.6) is 0 Å². The molecule has 130 valence electrons. The van der Waals surface area contributed by atoms with Gasteiger partial charge < -0.3 is 15.0 Å². The lowest BCUT2D eigenvalue weighted by atomic mass is 10.0. The van der Waals surface area contributed by atoms with Crippen molar-refractivity contribution in [3.8, 4) is 0 Å². The Morgan fingerprint density at radius 2 is 2.12 bits per heavy atom. The maximum absolute atomic E-state index is 12.7. The number of ether oxygens (including phenoxy) is 1. The Bertz CT molecular complexity index is 607. The molecule has 2 aliphatic rings. The number of likely N-dealkylation sites (tertiary alicyclic amines) is 1. The van der Waals surface area contributed by atoms with Crippen molar-refractivity contribution in [3.05, 3.63) is 30.6 Å². The van der Waals surface area contributed by atoms with Crippen LogP contribution in [0.25, 0.3) is 0 Å². The first-order chi connectivity index (χ1) is 11.7. The van der Waals surface area contributed by atoms with Crippen molar-refractivity contribution >= 4 is 11.8 Å². The van der Waals surface area contributed by atoms with E-state index in [2.05, 4.69) is 17.0 Å². The van der Waals surface area contributed by atoms with E-state index in [0.29, 0.717) is 24.7 Å². The maximum atomic E-state index is 12.7. The Morgan fingerprint density at radius 3 is 2.88 bits per heavy atom. The number of hydrogen-bond donors (Lipinski definition) is 1. The van der Waals surface area contributed by atoms with Gasteiger partial charge in [-0.25, -0.2) is 0 Å². The van der Waals surface area contributed by atoms with Crippen LogP contribution in [0.2, 0.25) is 0 Å². The Labute approximate surface area is 141 Å². The molecule has 1 aromatic rings. The molecule has 1 aromatic heterocycles. The second kappa shape index (κ2) is 7.61. The SMILES string of the molecule is C=CC(=O)N[C@@H]1CCCN(C(=O)c2cnn(C3CCOCC3)c2)C1. The van der Waals surface area contributed by atoms with Crippen LogP contribution >= 0.6 is 0 Å². The van der Waals surface area contributed by atoms with Crippen molar-refractivity contribution in [2.45, 2.75) is 37.8 Å². The van der Waals surface area contributed by atoms with Gasteiger partial charge in [0.15, 0.2) is 0 Å². The maximum Gasteiger partial charge on any atom is 0.257 e. The monoisotopic (exact) mass is 332 g/mol. The number of hydrogen-bond acceptors (Lipinski definition) is 4. The molecule has 7 nitrogen and oxygen atoms in total. The highest BCUT2D eigenvalue weighted by Gasteiger charge is 2.26. The summed E-state index contributed by atoms with van der Waals surface area (Å²) in [5.41, 5.74) is 0.609. The van der Waals surface area contributed by atoms with Gasteiger partial charge in [-0.2, -0.15) is 5.10 Å². The smallest absolute Gasteiger partial charge is 0.257 e. The average molecular weight is 332 g/mol. The first kappa shape index (κ1) is 16.7. The van der Waals surface area contributed by atoms with Crippen molar-refractivity contribution in [2.75, 3.05) is 26.3 Å². The first-order valence-electron chi connectivity index (χ1n) is 8.51. The summed E-state index contributed by atoms with van der Waals surface area (Å²) in [7, 11) is 0. The lowest BCUT2D eigenvalue weighted by Gasteiger charge is -2.32. The van der Waals surface area contributed by atoms with Crippen molar-refractivity contribution in [1.29, 1.82) is 0 Å². The molecule has 0 spiro atoms. The average Bonchev–Trinajstić information content (AvgIpc) is 3.12. The highest BCUT2D eigenvalue weighted by molar-refractivity contribution is 5.94. The predicted octanol–water partition coefficient (Wildman–Crippen LogP) is 1.14. The first-order valence-corrected chi connectivity index (χ1v) is 8.51. The molecule has 0 unspecified atom stereocenters. The van der Waals surface area contributed by atoms with E-state index < -0.39 is 0 Å². The number of carbonyl (C=O) groups excluding carboxylic acids is 2. The van der Waals surface area contributed by atoms with Gasteiger partial charge in [0.05, 0.1) is 17.8 Å². The zero-order valence-corrected chi connectivity index (χ0v) is 13.8. The largest absolute Gasteiger partial charge is 0.381 e. The summed E-state index contributed by atoms with van der Waals surface area (Å²) in [6.45, 7) is 6.18. The van der Waals surface area contributed by atoms with Crippen LogP contribution in [0.3, 0.4) is 0 Å². The van der Waals surface area contributed by atoms with Gasteiger partial charge in [0.1, 0.15) is 0 Å². The third-order valence-electron chi connectivity index (χ3n) is 4.65. The minimum absolute atomic E-state index is 0.0151. The molecule has 3 rings (SSSR count). The molecule has 0 bridgehead atoms. The molecule has 7 heteroatoms. The van der Waals surface area contributed by atoms with E-state index in [4.69, 9.17) is 4.74 Å². The number of carbonyl (C=O) groups is 2. The summed E-state index contributed by atoms with van der Waals surface area (Å²) < 4.78 is 7.25. The van der Waals surface area contributed by atoms with Crippen LogP contribution in [-0.4, -0.2) is 58.8 Å². The van der Waals surface area contributed by atoms with E-state index >= 15 is 0 Å². The van der Waals surface area contributed by atoms with E-state index in [1.54, 1.807) is 11.1 Å². The summed E-state index contributed by atoms with van der Waals surface area (Å²) in [6, 6.07) is 0.292. The predicted molar refractivity (Wildman–Crippen MR) is 88.6 cm³/mol. The number of aromatic nitrogens is 2. The Hall–Kier alpha value is -2.15. The summed E-state index contributed by atoms with van der Waals surface area (Å²) in [4.78, 5) is 26.0. The van der Waals surface area contributed by atoms with Gasteiger partial charge in [0.25, 0.3) is 5.91 Å². The molecule has 2 fully saturated rings. The summed E-state index contributed by atoms with van der Waals surface area (Å²) in [5.74, 6) is -0.215. The van der Waals surface area contributed by atoms with E-state index in [9.17, 15) is 9.59 Å². The van der Waals surface area contributed by atoms with Crippen molar-refractivity contribution in [1.82, 2.24) is 20.0 Å². The molecular formula is C17H24N4O3. The van der Waals surface area contributed by atoms with Crippen LogP contribution in [0.15, 0.2) is 25.0 Å². The summed E-state index contributed by atoms with van der Waals surface area (Å²) in [5, 5.41) is 7.24. The van der Waals surface area contributed by atoms with Crippen LogP contribution in [0.4, 0.5) is 0 Å². The number of amides is 2. The molecular weight excluding hydrogens is 308 g/mol. The van der Waals surface area contributed by atoms with Gasteiger partial charge in [0.2, 0.25) is 5.91 Å². The lowest BCUT2D eigenvalue weighted by molar-refractivity contribution is -0.117. The van der Waals surface area contributed by atoms with Gasteiger partial charge in [0, 0.05) is 38.5 Å². The highest BCUT2D eigenvalue weighted by atomic mass is 16.5. The van der Waals surface area contributed by atoms with Gasteiger partial charge in [-0.15, -0.1) is 0 Å². The van der Waals surface area contributed by atoms with Crippen molar-refractivity contribution < 1.29 is 14.3 Å². The van der Waals surface area contributed by atoms with Crippen LogP contribution < -0.4 is 5.32 Å². The topological polar surface area (TPSA) is 76.5 Å².